The van der Waals surface area contributed by atoms with E-state index in [1.807, 2.05) is 0 Å². The van der Waals surface area contributed by atoms with Crippen molar-refractivity contribution in [3.05, 3.63) is 33.6 Å². The second kappa shape index (κ2) is 7.62. The highest BCUT2D eigenvalue weighted by Crippen LogP contribution is 2.20. The second-order valence-electron chi connectivity index (χ2n) is 4.61. The van der Waals surface area contributed by atoms with Crippen molar-refractivity contribution in [1.82, 2.24) is 9.55 Å². The number of thioether (sulfide) groups is 1. The van der Waals surface area contributed by atoms with E-state index >= 15 is 0 Å². The molecule has 0 unspecified atom stereocenters. The van der Waals surface area contributed by atoms with Gasteiger partial charge in [-0.05, 0) is 24.6 Å². The Balaban J connectivity index is 2.48. The third kappa shape index (κ3) is 4.00. The molecule has 0 atom stereocenters. The SMILES string of the molecule is COCCCn1c(SCC(N)=O)nc2cc(Cl)ccc2c1=O. The van der Waals surface area contributed by atoms with Gasteiger partial charge in [0.15, 0.2) is 5.16 Å². The molecular formula is C14H16ClN3O3S. The highest BCUT2D eigenvalue weighted by molar-refractivity contribution is 7.99. The first-order valence-electron chi connectivity index (χ1n) is 6.63. The van der Waals surface area contributed by atoms with Crippen LogP contribution in [0.25, 0.3) is 10.9 Å². The highest BCUT2D eigenvalue weighted by atomic mass is 35.5. The van der Waals surface area contributed by atoms with Gasteiger partial charge in [-0.15, -0.1) is 0 Å². The molecule has 0 aliphatic rings. The minimum Gasteiger partial charge on any atom is -0.385 e. The number of primary amides is 1. The first-order chi connectivity index (χ1) is 10.5. The first kappa shape index (κ1) is 16.8. The van der Waals surface area contributed by atoms with Crippen LogP contribution >= 0.6 is 23.4 Å². The number of amides is 1. The quantitative estimate of drug-likeness (QED) is 0.470. The van der Waals surface area contributed by atoms with E-state index in [1.165, 1.54) is 0 Å². The minimum atomic E-state index is -0.464. The average Bonchev–Trinajstić information content (AvgIpc) is 2.47. The van der Waals surface area contributed by atoms with Gasteiger partial charge in [0, 0.05) is 25.3 Å². The molecule has 0 bridgehead atoms. The van der Waals surface area contributed by atoms with E-state index in [0.29, 0.717) is 40.7 Å². The van der Waals surface area contributed by atoms with Gasteiger partial charge in [-0.25, -0.2) is 4.98 Å². The summed E-state index contributed by atoms with van der Waals surface area (Å²) in [5.74, 6) is -0.406. The average molecular weight is 342 g/mol. The predicted molar refractivity (Wildman–Crippen MR) is 87.4 cm³/mol. The van der Waals surface area contributed by atoms with Gasteiger partial charge in [-0.3, -0.25) is 14.2 Å². The van der Waals surface area contributed by atoms with E-state index in [1.54, 1.807) is 29.9 Å². The van der Waals surface area contributed by atoms with E-state index in [4.69, 9.17) is 22.1 Å². The Kier molecular flexibility index (Phi) is 5.82. The molecule has 0 saturated carbocycles. The van der Waals surface area contributed by atoms with Crippen molar-refractivity contribution >= 4 is 40.2 Å². The van der Waals surface area contributed by atoms with Gasteiger partial charge < -0.3 is 10.5 Å². The molecular weight excluding hydrogens is 326 g/mol. The number of nitrogens with two attached hydrogens (primary N) is 1. The molecule has 0 aliphatic carbocycles. The lowest BCUT2D eigenvalue weighted by molar-refractivity contribution is -0.115. The van der Waals surface area contributed by atoms with E-state index in [9.17, 15) is 9.59 Å². The fourth-order valence-electron chi connectivity index (χ4n) is 1.98. The van der Waals surface area contributed by atoms with Gasteiger partial charge in [0.1, 0.15) is 0 Å². The maximum Gasteiger partial charge on any atom is 0.262 e. The van der Waals surface area contributed by atoms with Crippen molar-refractivity contribution in [2.24, 2.45) is 5.73 Å². The number of rotatable bonds is 7. The number of carbonyl (C=O) groups excluding carboxylic acids is 1. The monoisotopic (exact) mass is 341 g/mol. The summed E-state index contributed by atoms with van der Waals surface area (Å²) in [7, 11) is 1.60. The van der Waals surface area contributed by atoms with E-state index < -0.39 is 5.91 Å². The van der Waals surface area contributed by atoms with Gasteiger partial charge in [-0.1, -0.05) is 23.4 Å². The minimum absolute atomic E-state index is 0.0583. The number of halogens is 1. The van der Waals surface area contributed by atoms with Gasteiger partial charge >= 0.3 is 0 Å². The van der Waals surface area contributed by atoms with Crippen LogP contribution in [-0.4, -0.2) is 34.9 Å². The number of ether oxygens (including phenoxy) is 1. The summed E-state index contributed by atoms with van der Waals surface area (Å²) in [6, 6.07) is 4.94. The third-order valence-electron chi connectivity index (χ3n) is 2.96. The Labute approximate surface area is 136 Å². The Morgan fingerprint density at radius 2 is 2.27 bits per heavy atom. The van der Waals surface area contributed by atoms with Crippen molar-refractivity contribution in [1.29, 1.82) is 0 Å². The van der Waals surface area contributed by atoms with Gasteiger partial charge in [-0.2, -0.15) is 0 Å². The summed E-state index contributed by atoms with van der Waals surface area (Å²) in [6.45, 7) is 0.990. The molecule has 0 saturated heterocycles. The number of carbonyl (C=O) groups is 1. The zero-order valence-corrected chi connectivity index (χ0v) is 13.6. The number of methoxy groups -OCH3 is 1. The first-order valence-corrected chi connectivity index (χ1v) is 7.99. The molecule has 2 rings (SSSR count). The third-order valence-corrected chi connectivity index (χ3v) is 4.19. The highest BCUT2D eigenvalue weighted by Gasteiger charge is 2.12. The van der Waals surface area contributed by atoms with Crippen LogP contribution in [0.5, 0.6) is 0 Å². The van der Waals surface area contributed by atoms with Crippen molar-refractivity contribution in [3.63, 3.8) is 0 Å². The molecule has 8 heteroatoms. The number of nitrogens with zero attached hydrogens (tertiary/aromatic N) is 2. The van der Waals surface area contributed by atoms with Crippen LogP contribution in [0.2, 0.25) is 5.02 Å². The molecule has 0 radical (unpaired) electrons. The van der Waals surface area contributed by atoms with Crippen molar-refractivity contribution < 1.29 is 9.53 Å². The summed E-state index contributed by atoms with van der Waals surface area (Å²) >= 11 is 7.09. The van der Waals surface area contributed by atoms with E-state index in [-0.39, 0.29) is 11.3 Å². The molecule has 2 N–H and O–H groups in total. The molecule has 1 amide bonds. The lowest BCUT2D eigenvalue weighted by Gasteiger charge is -2.12. The van der Waals surface area contributed by atoms with Crippen LogP contribution in [0.3, 0.4) is 0 Å². The van der Waals surface area contributed by atoms with E-state index in [0.717, 1.165) is 11.8 Å². The Morgan fingerprint density at radius 1 is 1.50 bits per heavy atom. The number of hydrogen-bond acceptors (Lipinski definition) is 5. The molecule has 1 aromatic carbocycles. The fraction of sp³-hybridized carbons (Fsp3) is 0.357. The van der Waals surface area contributed by atoms with Gasteiger partial charge in [0.25, 0.3) is 5.56 Å². The molecule has 22 heavy (non-hydrogen) atoms. The maximum absolute atomic E-state index is 12.6. The van der Waals surface area contributed by atoms with Crippen molar-refractivity contribution in [3.8, 4) is 0 Å². The molecule has 1 aromatic heterocycles. The lowest BCUT2D eigenvalue weighted by Crippen LogP contribution is -2.25. The molecule has 0 spiro atoms. The molecule has 0 fully saturated rings. The zero-order valence-electron chi connectivity index (χ0n) is 12.0. The Morgan fingerprint density at radius 3 is 2.95 bits per heavy atom. The molecule has 1 heterocycles. The van der Waals surface area contributed by atoms with Crippen LogP contribution in [0.4, 0.5) is 0 Å². The van der Waals surface area contributed by atoms with Crippen LogP contribution in [0.1, 0.15) is 6.42 Å². The van der Waals surface area contributed by atoms with Crippen LogP contribution in [0, 0.1) is 0 Å². The number of aromatic nitrogens is 2. The molecule has 118 valence electrons. The maximum atomic E-state index is 12.6. The number of fused-ring (bicyclic) bond motifs is 1. The molecule has 6 nitrogen and oxygen atoms in total. The summed E-state index contributed by atoms with van der Waals surface area (Å²) in [6.07, 6.45) is 0.668. The predicted octanol–water partition coefficient (Wildman–Crippen LogP) is 1.66. The van der Waals surface area contributed by atoms with Crippen molar-refractivity contribution in [2.75, 3.05) is 19.5 Å². The van der Waals surface area contributed by atoms with Gasteiger partial charge in [0.05, 0.1) is 16.7 Å². The normalized spacial score (nSPS) is 11.0. The lowest BCUT2D eigenvalue weighted by atomic mass is 10.2. The van der Waals surface area contributed by atoms with E-state index in [2.05, 4.69) is 4.98 Å². The standard InChI is InChI=1S/C14H16ClN3O3S/c1-21-6-2-5-18-13(20)10-4-3-9(15)7-11(10)17-14(18)22-8-12(16)19/h3-4,7H,2,5-6,8H2,1H3,(H2,16,19). The number of benzene rings is 1. The van der Waals surface area contributed by atoms with Crippen LogP contribution in [-0.2, 0) is 16.1 Å². The summed E-state index contributed by atoms with van der Waals surface area (Å²) in [4.78, 5) is 28.0. The second-order valence-corrected chi connectivity index (χ2v) is 5.99. The topological polar surface area (TPSA) is 87.2 Å². The van der Waals surface area contributed by atoms with Crippen LogP contribution in [0.15, 0.2) is 28.2 Å². The Bertz CT molecular complexity index is 748. The van der Waals surface area contributed by atoms with Crippen molar-refractivity contribution in [2.45, 2.75) is 18.1 Å². The summed E-state index contributed by atoms with van der Waals surface area (Å²) in [5, 5.41) is 1.45. The molecule has 2 aromatic rings. The summed E-state index contributed by atoms with van der Waals surface area (Å²) in [5.41, 5.74) is 5.52. The summed E-state index contributed by atoms with van der Waals surface area (Å²) < 4.78 is 6.56. The zero-order chi connectivity index (χ0) is 16.1. The Hall–Kier alpha value is -1.57. The molecule has 0 aliphatic heterocycles. The number of hydrogen-bond donors (Lipinski definition) is 1. The van der Waals surface area contributed by atoms with Gasteiger partial charge in [0.2, 0.25) is 5.91 Å². The van der Waals surface area contributed by atoms with Crippen LogP contribution < -0.4 is 11.3 Å². The fourth-order valence-corrected chi connectivity index (χ4v) is 2.91. The largest absolute Gasteiger partial charge is 0.385 e. The smallest absolute Gasteiger partial charge is 0.262 e.